The van der Waals surface area contributed by atoms with E-state index >= 15 is 0 Å². The summed E-state index contributed by atoms with van der Waals surface area (Å²) in [5.41, 5.74) is 3.13. The van der Waals surface area contributed by atoms with Crippen LogP contribution in [0.3, 0.4) is 0 Å². The van der Waals surface area contributed by atoms with Crippen molar-refractivity contribution in [3.63, 3.8) is 0 Å². The Kier molecular flexibility index (Phi) is 5.05. The van der Waals surface area contributed by atoms with Crippen molar-refractivity contribution >= 4 is 28.8 Å². The number of thiophene rings is 1. The summed E-state index contributed by atoms with van der Waals surface area (Å²) in [7, 11) is 0. The molecule has 2 aromatic carbocycles. The molecular formula is C21H16ClN3OS. The molecule has 2 heterocycles. The third-order valence-electron chi connectivity index (χ3n) is 4.10. The highest BCUT2D eigenvalue weighted by Crippen LogP contribution is 2.27. The Bertz CT molecular complexity index is 1040. The second-order valence-corrected chi connectivity index (χ2v) is 7.34. The molecule has 1 N–H and O–H groups in total. The van der Waals surface area contributed by atoms with Crippen LogP contribution in [-0.2, 0) is 6.54 Å². The van der Waals surface area contributed by atoms with Gasteiger partial charge >= 0.3 is 0 Å². The molecule has 27 heavy (non-hydrogen) atoms. The molecule has 4 nitrogen and oxygen atoms in total. The van der Waals surface area contributed by atoms with Crippen molar-refractivity contribution in [1.82, 2.24) is 15.1 Å². The van der Waals surface area contributed by atoms with Crippen LogP contribution in [0.25, 0.3) is 16.3 Å². The highest BCUT2D eigenvalue weighted by molar-refractivity contribution is 7.13. The quantitative estimate of drug-likeness (QED) is 0.507. The van der Waals surface area contributed by atoms with Gasteiger partial charge in [-0.3, -0.25) is 4.79 Å². The van der Waals surface area contributed by atoms with E-state index in [0.29, 0.717) is 22.8 Å². The van der Waals surface area contributed by atoms with Crippen molar-refractivity contribution in [3.8, 4) is 16.3 Å². The van der Waals surface area contributed by atoms with Crippen LogP contribution in [0.1, 0.15) is 15.9 Å². The van der Waals surface area contributed by atoms with Gasteiger partial charge in [0.05, 0.1) is 16.1 Å². The largest absolute Gasteiger partial charge is 0.348 e. The Morgan fingerprint density at radius 3 is 2.52 bits per heavy atom. The fourth-order valence-corrected chi connectivity index (χ4v) is 3.58. The Hall–Kier alpha value is -2.89. The first-order valence-corrected chi connectivity index (χ1v) is 9.68. The number of nitrogens with one attached hydrogen (secondary N) is 1. The van der Waals surface area contributed by atoms with Gasteiger partial charge < -0.3 is 5.32 Å². The van der Waals surface area contributed by atoms with Crippen LogP contribution in [-0.4, -0.2) is 15.7 Å². The van der Waals surface area contributed by atoms with E-state index in [1.807, 2.05) is 72.1 Å². The minimum Gasteiger partial charge on any atom is -0.348 e. The van der Waals surface area contributed by atoms with E-state index in [0.717, 1.165) is 16.1 Å². The molecule has 134 valence electrons. The Morgan fingerprint density at radius 1 is 1.04 bits per heavy atom. The summed E-state index contributed by atoms with van der Waals surface area (Å²) in [5, 5.41) is 10.3. The summed E-state index contributed by atoms with van der Waals surface area (Å²) < 4.78 is 1.74. The lowest BCUT2D eigenvalue weighted by Gasteiger charge is -2.05. The van der Waals surface area contributed by atoms with Gasteiger partial charge in [0.15, 0.2) is 0 Å². The van der Waals surface area contributed by atoms with E-state index in [2.05, 4.69) is 10.4 Å². The number of carbonyl (C=O) groups is 1. The molecular weight excluding hydrogens is 378 g/mol. The van der Waals surface area contributed by atoms with E-state index in [9.17, 15) is 4.79 Å². The SMILES string of the molecule is O=C(NCc1ccc(Cl)cc1)c1cn(-c2ccccc2)nc1-c1cccs1. The van der Waals surface area contributed by atoms with E-state index in [1.165, 1.54) is 0 Å². The lowest BCUT2D eigenvalue weighted by molar-refractivity contribution is 0.0951. The number of aromatic nitrogens is 2. The van der Waals surface area contributed by atoms with Gasteiger partial charge in [-0.25, -0.2) is 4.68 Å². The lowest BCUT2D eigenvalue weighted by Crippen LogP contribution is -2.22. The Morgan fingerprint density at radius 2 is 1.81 bits per heavy atom. The number of benzene rings is 2. The minimum absolute atomic E-state index is 0.157. The number of carbonyl (C=O) groups excluding carboxylic acids is 1. The van der Waals surface area contributed by atoms with Crippen molar-refractivity contribution in [2.45, 2.75) is 6.54 Å². The van der Waals surface area contributed by atoms with Gasteiger partial charge in [-0.1, -0.05) is 48.0 Å². The maximum Gasteiger partial charge on any atom is 0.255 e. The predicted molar refractivity (Wildman–Crippen MR) is 109 cm³/mol. The first-order valence-electron chi connectivity index (χ1n) is 8.42. The molecule has 0 radical (unpaired) electrons. The van der Waals surface area contributed by atoms with Gasteiger partial charge in [-0.2, -0.15) is 5.10 Å². The molecule has 1 amide bonds. The van der Waals surface area contributed by atoms with Gasteiger partial charge in [0.2, 0.25) is 0 Å². The van der Waals surface area contributed by atoms with Gasteiger partial charge in [0.25, 0.3) is 5.91 Å². The third-order valence-corrected chi connectivity index (χ3v) is 5.23. The molecule has 0 aliphatic rings. The zero-order valence-corrected chi connectivity index (χ0v) is 15.9. The summed E-state index contributed by atoms with van der Waals surface area (Å²) in [5.74, 6) is -0.157. The van der Waals surface area contributed by atoms with Gasteiger partial charge in [0, 0.05) is 17.8 Å². The van der Waals surface area contributed by atoms with E-state index < -0.39 is 0 Å². The van der Waals surface area contributed by atoms with Crippen molar-refractivity contribution in [2.24, 2.45) is 0 Å². The normalized spacial score (nSPS) is 10.7. The van der Waals surface area contributed by atoms with Crippen LogP contribution in [0.2, 0.25) is 5.02 Å². The summed E-state index contributed by atoms with van der Waals surface area (Å²) >= 11 is 7.47. The number of amides is 1. The van der Waals surface area contributed by atoms with Crippen LogP contribution >= 0.6 is 22.9 Å². The zero-order chi connectivity index (χ0) is 18.6. The molecule has 0 saturated heterocycles. The van der Waals surface area contributed by atoms with Gasteiger partial charge in [-0.15, -0.1) is 11.3 Å². The molecule has 0 bridgehead atoms. The number of nitrogens with zero attached hydrogens (tertiary/aromatic N) is 2. The summed E-state index contributed by atoms with van der Waals surface area (Å²) in [4.78, 5) is 13.8. The molecule has 0 atom stereocenters. The second kappa shape index (κ2) is 7.78. The highest BCUT2D eigenvalue weighted by atomic mass is 35.5. The average Bonchev–Trinajstić information content (AvgIpc) is 3.37. The molecule has 2 aromatic heterocycles. The van der Waals surface area contributed by atoms with Crippen LogP contribution in [0.4, 0.5) is 0 Å². The standard InChI is InChI=1S/C21H16ClN3OS/c22-16-10-8-15(9-11-16)13-23-21(26)18-14-25(17-5-2-1-3-6-17)24-20(18)19-7-4-12-27-19/h1-12,14H,13H2,(H,23,26). The fraction of sp³-hybridized carbons (Fsp3) is 0.0476. The summed E-state index contributed by atoms with van der Waals surface area (Å²) in [6, 6.07) is 21.1. The monoisotopic (exact) mass is 393 g/mol. The molecule has 0 spiro atoms. The van der Waals surface area contributed by atoms with Gasteiger partial charge in [0.1, 0.15) is 5.69 Å². The zero-order valence-electron chi connectivity index (χ0n) is 14.3. The fourth-order valence-electron chi connectivity index (χ4n) is 2.73. The number of hydrogen-bond acceptors (Lipinski definition) is 3. The predicted octanol–water partition coefficient (Wildman–Crippen LogP) is 5.18. The molecule has 4 aromatic rings. The number of hydrogen-bond donors (Lipinski definition) is 1. The smallest absolute Gasteiger partial charge is 0.255 e. The molecule has 4 rings (SSSR count). The first-order chi connectivity index (χ1) is 13.2. The van der Waals surface area contributed by atoms with Gasteiger partial charge in [-0.05, 0) is 41.3 Å². The van der Waals surface area contributed by atoms with E-state index in [4.69, 9.17) is 11.6 Å². The molecule has 6 heteroatoms. The van der Waals surface area contributed by atoms with Crippen molar-refractivity contribution in [1.29, 1.82) is 0 Å². The molecule has 0 aliphatic carbocycles. The van der Waals surface area contributed by atoms with Crippen molar-refractivity contribution in [2.75, 3.05) is 0 Å². The molecule has 0 unspecified atom stereocenters. The first kappa shape index (κ1) is 17.5. The van der Waals surface area contributed by atoms with Crippen molar-refractivity contribution in [3.05, 3.63) is 94.5 Å². The maximum atomic E-state index is 12.9. The number of para-hydroxylation sites is 1. The van der Waals surface area contributed by atoms with Crippen LogP contribution in [0.15, 0.2) is 78.3 Å². The molecule has 0 saturated carbocycles. The number of rotatable bonds is 5. The van der Waals surface area contributed by atoms with Crippen molar-refractivity contribution < 1.29 is 4.79 Å². The summed E-state index contributed by atoms with van der Waals surface area (Å²) in [6.07, 6.45) is 1.78. The Labute approximate surface area is 166 Å². The summed E-state index contributed by atoms with van der Waals surface area (Å²) in [6.45, 7) is 0.427. The Balaban J connectivity index is 1.63. The minimum atomic E-state index is -0.157. The lowest BCUT2D eigenvalue weighted by atomic mass is 10.2. The highest BCUT2D eigenvalue weighted by Gasteiger charge is 2.19. The number of halogens is 1. The second-order valence-electron chi connectivity index (χ2n) is 5.96. The maximum absolute atomic E-state index is 12.9. The average molecular weight is 394 g/mol. The van der Waals surface area contributed by atoms with Crippen LogP contribution in [0.5, 0.6) is 0 Å². The topological polar surface area (TPSA) is 46.9 Å². The molecule has 0 fully saturated rings. The van der Waals surface area contributed by atoms with E-state index in [-0.39, 0.29) is 5.91 Å². The van der Waals surface area contributed by atoms with Crippen LogP contribution < -0.4 is 5.32 Å². The third kappa shape index (κ3) is 3.94. The van der Waals surface area contributed by atoms with Crippen LogP contribution in [0, 0.1) is 0 Å². The molecule has 0 aliphatic heterocycles. The van der Waals surface area contributed by atoms with E-state index in [1.54, 1.807) is 22.2 Å².